The average molecular weight is 379 g/mol. The van der Waals surface area contributed by atoms with Crippen molar-refractivity contribution >= 4 is 18.3 Å². The van der Waals surface area contributed by atoms with E-state index in [0.29, 0.717) is 18.7 Å². The molecular weight excluding hydrogens is 352 g/mol. The first-order chi connectivity index (χ1) is 12.3. The number of furan rings is 1. The summed E-state index contributed by atoms with van der Waals surface area (Å²) in [4.78, 5) is 14.9. The van der Waals surface area contributed by atoms with Gasteiger partial charge in [-0.25, -0.2) is 0 Å². The van der Waals surface area contributed by atoms with Gasteiger partial charge in [-0.2, -0.15) is 0 Å². The van der Waals surface area contributed by atoms with Crippen LogP contribution < -0.4 is 10.1 Å². The summed E-state index contributed by atoms with van der Waals surface area (Å²) >= 11 is 0. The Labute approximate surface area is 161 Å². The summed E-state index contributed by atoms with van der Waals surface area (Å²) in [6.45, 7) is 5.33. The highest BCUT2D eigenvalue weighted by atomic mass is 35.5. The predicted octanol–water partition coefficient (Wildman–Crippen LogP) is 4.06. The fourth-order valence-corrected chi connectivity index (χ4v) is 3.18. The molecule has 2 aromatic rings. The van der Waals surface area contributed by atoms with Gasteiger partial charge in [-0.05, 0) is 62.7 Å². The average Bonchev–Trinajstić information content (AvgIpc) is 3.34. The van der Waals surface area contributed by atoms with Crippen molar-refractivity contribution in [3.63, 3.8) is 0 Å². The zero-order chi connectivity index (χ0) is 17.5. The summed E-state index contributed by atoms with van der Waals surface area (Å²) in [7, 11) is 0. The molecule has 1 saturated heterocycles. The smallest absolute Gasteiger partial charge is 0.251 e. The van der Waals surface area contributed by atoms with Gasteiger partial charge in [0.15, 0.2) is 0 Å². The van der Waals surface area contributed by atoms with Crippen molar-refractivity contribution in [2.45, 2.75) is 32.2 Å². The number of nitrogens with zero attached hydrogens (tertiary/aromatic N) is 1. The molecule has 0 radical (unpaired) electrons. The van der Waals surface area contributed by atoms with Crippen LogP contribution in [0.4, 0.5) is 0 Å². The molecule has 1 amide bonds. The molecule has 2 heterocycles. The SMILES string of the molecule is CCCOc1cccc(C(=O)NCC(c2ccco2)N2CCCC2)c1.Cl. The van der Waals surface area contributed by atoms with Crippen molar-refractivity contribution in [3.05, 3.63) is 54.0 Å². The Morgan fingerprint density at radius 3 is 2.77 bits per heavy atom. The van der Waals surface area contributed by atoms with Gasteiger partial charge in [-0.15, -0.1) is 12.4 Å². The minimum absolute atomic E-state index is 0. The van der Waals surface area contributed by atoms with Crippen molar-refractivity contribution in [3.8, 4) is 5.75 Å². The van der Waals surface area contributed by atoms with E-state index in [4.69, 9.17) is 9.15 Å². The number of ether oxygens (including phenoxy) is 1. The molecule has 1 aliphatic rings. The van der Waals surface area contributed by atoms with Gasteiger partial charge in [0.2, 0.25) is 0 Å². The summed E-state index contributed by atoms with van der Waals surface area (Å²) < 4.78 is 11.2. The van der Waals surface area contributed by atoms with E-state index >= 15 is 0 Å². The monoisotopic (exact) mass is 378 g/mol. The van der Waals surface area contributed by atoms with Crippen molar-refractivity contribution in [1.82, 2.24) is 10.2 Å². The number of halogens is 1. The van der Waals surface area contributed by atoms with Crippen LogP contribution in [0.25, 0.3) is 0 Å². The predicted molar refractivity (Wildman–Crippen MR) is 104 cm³/mol. The van der Waals surface area contributed by atoms with Gasteiger partial charge in [0.05, 0.1) is 18.9 Å². The molecule has 5 nitrogen and oxygen atoms in total. The summed E-state index contributed by atoms with van der Waals surface area (Å²) in [5.74, 6) is 1.55. The Balaban J connectivity index is 0.00000243. The lowest BCUT2D eigenvalue weighted by Crippen LogP contribution is -2.36. The third-order valence-corrected chi connectivity index (χ3v) is 4.48. The van der Waals surface area contributed by atoms with E-state index in [9.17, 15) is 4.79 Å². The Morgan fingerprint density at radius 2 is 2.08 bits per heavy atom. The summed E-state index contributed by atoms with van der Waals surface area (Å²) in [5, 5.41) is 3.05. The maximum atomic E-state index is 12.5. The minimum Gasteiger partial charge on any atom is -0.494 e. The van der Waals surface area contributed by atoms with E-state index in [1.165, 1.54) is 12.8 Å². The number of likely N-dealkylation sites (tertiary alicyclic amines) is 1. The van der Waals surface area contributed by atoms with Crippen LogP contribution in [0.3, 0.4) is 0 Å². The molecule has 1 aliphatic heterocycles. The van der Waals surface area contributed by atoms with E-state index in [-0.39, 0.29) is 24.4 Å². The molecular formula is C20H27ClN2O3. The lowest BCUT2D eigenvalue weighted by Gasteiger charge is -2.26. The molecule has 1 N–H and O–H groups in total. The van der Waals surface area contributed by atoms with E-state index in [0.717, 1.165) is 31.0 Å². The number of rotatable bonds is 8. The van der Waals surface area contributed by atoms with Gasteiger partial charge in [-0.1, -0.05) is 13.0 Å². The van der Waals surface area contributed by atoms with Gasteiger partial charge in [0.1, 0.15) is 11.5 Å². The van der Waals surface area contributed by atoms with Crippen molar-refractivity contribution in [2.75, 3.05) is 26.2 Å². The van der Waals surface area contributed by atoms with Crippen molar-refractivity contribution in [2.24, 2.45) is 0 Å². The van der Waals surface area contributed by atoms with Crippen LogP contribution in [-0.4, -0.2) is 37.0 Å². The second kappa shape index (κ2) is 10.2. The molecule has 0 spiro atoms. The Morgan fingerprint density at radius 1 is 1.27 bits per heavy atom. The second-order valence-corrected chi connectivity index (χ2v) is 6.36. The third-order valence-electron chi connectivity index (χ3n) is 4.48. The number of nitrogens with one attached hydrogen (secondary N) is 1. The highest BCUT2D eigenvalue weighted by Crippen LogP contribution is 2.25. The standard InChI is InChI=1S/C20H26N2O3.ClH/c1-2-12-24-17-8-5-7-16(14-17)20(23)21-15-18(19-9-6-13-25-19)22-10-3-4-11-22;/h5-9,13-14,18H,2-4,10-12,15H2,1H3,(H,21,23);1H. The minimum atomic E-state index is -0.0855. The summed E-state index contributed by atoms with van der Waals surface area (Å²) in [5.41, 5.74) is 0.619. The molecule has 1 aromatic heterocycles. The largest absolute Gasteiger partial charge is 0.494 e. The normalized spacial score (nSPS) is 15.3. The molecule has 3 rings (SSSR count). The van der Waals surface area contributed by atoms with Crippen LogP contribution in [0.2, 0.25) is 0 Å². The zero-order valence-corrected chi connectivity index (χ0v) is 16.0. The van der Waals surface area contributed by atoms with Crippen LogP contribution in [0, 0.1) is 0 Å². The number of carbonyl (C=O) groups is 1. The lowest BCUT2D eigenvalue weighted by atomic mass is 10.1. The van der Waals surface area contributed by atoms with E-state index in [1.807, 2.05) is 30.3 Å². The molecule has 1 fully saturated rings. The Kier molecular flexibility index (Phi) is 8.01. The highest BCUT2D eigenvalue weighted by Gasteiger charge is 2.26. The molecule has 0 saturated carbocycles. The van der Waals surface area contributed by atoms with Crippen molar-refractivity contribution in [1.29, 1.82) is 0 Å². The molecule has 1 atom stereocenters. The summed E-state index contributed by atoms with van der Waals surface area (Å²) in [6.07, 6.45) is 5.02. The van der Waals surface area contributed by atoms with Crippen LogP contribution >= 0.6 is 12.4 Å². The topological polar surface area (TPSA) is 54.7 Å². The van der Waals surface area contributed by atoms with E-state index in [2.05, 4.69) is 17.1 Å². The number of hydrogen-bond acceptors (Lipinski definition) is 4. The first-order valence-electron chi connectivity index (χ1n) is 9.06. The first-order valence-corrected chi connectivity index (χ1v) is 9.06. The van der Waals surface area contributed by atoms with E-state index in [1.54, 1.807) is 12.3 Å². The first kappa shape index (κ1) is 20.3. The van der Waals surface area contributed by atoms with Crippen molar-refractivity contribution < 1.29 is 13.9 Å². The fraction of sp³-hybridized carbons (Fsp3) is 0.450. The number of benzene rings is 1. The lowest BCUT2D eigenvalue weighted by molar-refractivity contribution is 0.0933. The zero-order valence-electron chi connectivity index (χ0n) is 15.1. The van der Waals surface area contributed by atoms with Gasteiger partial charge in [0.25, 0.3) is 5.91 Å². The number of amides is 1. The fourth-order valence-electron chi connectivity index (χ4n) is 3.18. The Hall–Kier alpha value is -1.98. The van der Waals surface area contributed by atoms with Gasteiger partial charge < -0.3 is 14.5 Å². The second-order valence-electron chi connectivity index (χ2n) is 6.36. The molecule has 1 unspecified atom stereocenters. The highest BCUT2D eigenvalue weighted by molar-refractivity contribution is 5.94. The number of hydrogen-bond donors (Lipinski definition) is 1. The van der Waals surface area contributed by atoms with Crippen LogP contribution in [0.15, 0.2) is 47.1 Å². The Bertz CT molecular complexity index is 669. The van der Waals surface area contributed by atoms with Crippen LogP contribution in [-0.2, 0) is 0 Å². The number of carbonyl (C=O) groups excluding carboxylic acids is 1. The van der Waals surface area contributed by atoms with Crippen LogP contribution in [0.1, 0.15) is 48.3 Å². The van der Waals surface area contributed by atoms with Crippen LogP contribution in [0.5, 0.6) is 5.75 Å². The quantitative estimate of drug-likeness (QED) is 0.752. The molecule has 6 heteroatoms. The van der Waals surface area contributed by atoms with Gasteiger partial charge in [-0.3, -0.25) is 9.69 Å². The molecule has 0 aliphatic carbocycles. The maximum Gasteiger partial charge on any atom is 0.251 e. The summed E-state index contributed by atoms with van der Waals surface area (Å²) in [6, 6.07) is 11.3. The molecule has 26 heavy (non-hydrogen) atoms. The van der Waals surface area contributed by atoms with E-state index < -0.39 is 0 Å². The van der Waals surface area contributed by atoms with Gasteiger partial charge >= 0.3 is 0 Å². The van der Waals surface area contributed by atoms with Gasteiger partial charge in [0, 0.05) is 12.1 Å². The molecule has 1 aromatic carbocycles. The molecule has 142 valence electrons. The maximum absolute atomic E-state index is 12.5. The molecule has 0 bridgehead atoms. The third kappa shape index (κ3) is 5.26.